The van der Waals surface area contributed by atoms with E-state index in [1.807, 2.05) is 12.1 Å². The SMILES string of the molecule is Nc1ccc(C(F)(F)F)nc1Nc1ccc2c(c1)CCN2. The van der Waals surface area contributed by atoms with Gasteiger partial charge in [-0.05, 0) is 42.3 Å². The molecule has 0 aliphatic carbocycles. The summed E-state index contributed by atoms with van der Waals surface area (Å²) in [6, 6.07) is 7.62. The molecule has 4 N–H and O–H groups in total. The monoisotopic (exact) mass is 294 g/mol. The summed E-state index contributed by atoms with van der Waals surface area (Å²) in [4.78, 5) is 3.56. The standard InChI is InChI=1S/C14H13F3N4/c15-14(16,17)12-4-2-10(18)13(21-12)20-9-1-3-11-8(7-9)5-6-19-11/h1-4,7,19H,5-6,18H2,(H,20,21). The lowest BCUT2D eigenvalue weighted by Gasteiger charge is -2.12. The summed E-state index contributed by atoms with van der Waals surface area (Å²) in [5.74, 6) is 0.00994. The quantitative estimate of drug-likeness (QED) is 0.794. The Labute approximate surface area is 119 Å². The molecular formula is C14H13F3N4. The highest BCUT2D eigenvalue weighted by atomic mass is 19.4. The fraction of sp³-hybridized carbons (Fsp3) is 0.214. The minimum Gasteiger partial charge on any atom is -0.396 e. The third kappa shape index (κ3) is 2.72. The van der Waals surface area contributed by atoms with Crippen LogP contribution in [-0.4, -0.2) is 11.5 Å². The fourth-order valence-electron chi connectivity index (χ4n) is 2.25. The van der Waals surface area contributed by atoms with Gasteiger partial charge in [-0.15, -0.1) is 0 Å². The van der Waals surface area contributed by atoms with Crippen molar-refractivity contribution in [3.8, 4) is 0 Å². The molecule has 0 unspecified atom stereocenters. The van der Waals surface area contributed by atoms with Gasteiger partial charge in [0.05, 0.1) is 5.69 Å². The normalized spacial score (nSPS) is 13.7. The lowest BCUT2D eigenvalue weighted by atomic mass is 10.1. The van der Waals surface area contributed by atoms with Crippen LogP contribution in [0.4, 0.5) is 36.1 Å². The Balaban J connectivity index is 1.91. The number of anilines is 4. The van der Waals surface area contributed by atoms with Crippen molar-refractivity contribution in [1.82, 2.24) is 4.98 Å². The molecule has 21 heavy (non-hydrogen) atoms. The van der Waals surface area contributed by atoms with E-state index in [2.05, 4.69) is 15.6 Å². The predicted molar refractivity (Wildman–Crippen MR) is 75.6 cm³/mol. The maximum absolute atomic E-state index is 12.7. The average molecular weight is 294 g/mol. The molecule has 0 atom stereocenters. The Morgan fingerprint density at radius 3 is 2.76 bits per heavy atom. The average Bonchev–Trinajstić information content (AvgIpc) is 2.87. The summed E-state index contributed by atoms with van der Waals surface area (Å²) in [6.45, 7) is 0.864. The zero-order valence-electron chi connectivity index (χ0n) is 11.0. The summed E-state index contributed by atoms with van der Waals surface area (Å²) in [5, 5.41) is 6.07. The molecule has 0 bridgehead atoms. The third-order valence-electron chi connectivity index (χ3n) is 3.29. The van der Waals surface area contributed by atoms with Crippen LogP contribution in [0, 0.1) is 0 Å². The first-order chi connectivity index (χ1) is 9.93. The van der Waals surface area contributed by atoms with Crippen molar-refractivity contribution < 1.29 is 13.2 Å². The molecule has 1 aromatic carbocycles. The predicted octanol–water partition coefficient (Wildman–Crippen LogP) is 3.39. The highest BCUT2D eigenvalue weighted by Gasteiger charge is 2.33. The first-order valence-electron chi connectivity index (χ1n) is 6.41. The zero-order chi connectivity index (χ0) is 15.0. The number of aromatic nitrogens is 1. The smallest absolute Gasteiger partial charge is 0.396 e. The number of halogens is 3. The molecule has 0 saturated carbocycles. The number of benzene rings is 1. The van der Waals surface area contributed by atoms with Gasteiger partial charge in [0.15, 0.2) is 5.82 Å². The first-order valence-corrected chi connectivity index (χ1v) is 6.41. The number of nitrogens with one attached hydrogen (secondary N) is 2. The van der Waals surface area contributed by atoms with Crippen molar-refractivity contribution >= 4 is 22.9 Å². The summed E-state index contributed by atoms with van der Waals surface area (Å²) in [5.41, 5.74) is 7.71. The molecule has 7 heteroatoms. The second kappa shape index (κ2) is 4.83. The molecule has 0 saturated heterocycles. The largest absolute Gasteiger partial charge is 0.433 e. The van der Waals surface area contributed by atoms with Crippen molar-refractivity contribution in [2.24, 2.45) is 0 Å². The van der Waals surface area contributed by atoms with Crippen LogP contribution in [0.1, 0.15) is 11.3 Å². The van der Waals surface area contributed by atoms with Gasteiger partial charge in [0.2, 0.25) is 0 Å². The van der Waals surface area contributed by atoms with Gasteiger partial charge in [-0.25, -0.2) is 4.98 Å². The minimum absolute atomic E-state index is 0.00994. The third-order valence-corrected chi connectivity index (χ3v) is 3.29. The summed E-state index contributed by atoms with van der Waals surface area (Å²) >= 11 is 0. The van der Waals surface area contributed by atoms with Gasteiger partial charge < -0.3 is 16.4 Å². The van der Waals surface area contributed by atoms with E-state index in [-0.39, 0.29) is 11.5 Å². The van der Waals surface area contributed by atoms with E-state index in [9.17, 15) is 13.2 Å². The number of alkyl halides is 3. The molecule has 0 amide bonds. The highest BCUT2D eigenvalue weighted by Crippen LogP contribution is 2.32. The van der Waals surface area contributed by atoms with Gasteiger partial charge >= 0.3 is 6.18 Å². The second-order valence-electron chi connectivity index (χ2n) is 4.81. The lowest BCUT2D eigenvalue weighted by Crippen LogP contribution is -2.10. The molecule has 0 radical (unpaired) electrons. The Morgan fingerprint density at radius 2 is 2.00 bits per heavy atom. The molecule has 0 fully saturated rings. The van der Waals surface area contributed by atoms with E-state index >= 15 is 0 Å². The topological polar surface area (TPSA) is 63.0 Å². The van der Waals surface area contributed by atoms with Gasteiger partial charge in [0.1, 0.15) is 5.69 Å². The summed E-state index contributed by atoms with van der Waals surface area (Å²) in [6.07, 6.45) is -3.61. The number of fused-ring (bicyclic) bond motifs is 1. The molecular weight excluding hydrogens is 281 g/mol. The van der Waals surface area contributed by atoms with E-state index < -0.39 is 11.9 Å². The van der Waals surface area contributed by atoms with Crippen LogP contribution < -0.4 is 16.4 Å². The molecule has 1 aliphatic rings. The van der Waals surface area contributed by atoms with Crippen molar-refractivity contribution in [2.75, 3.05) is 22.9 Å². The van der Waals surface area contributed by atoms with Gasteiger partial charge in [0.25, 0.3) is 0 Å². The molecule has 110 valence electrons. The number of rotatable bonds is 2. The Kier molecular flexibility index (Phi) is 3.12. The maximum Gasteiger partial charge on any atom is 0.433 e. The first kappa shape index (κ1) is 13.5. The van der Waals surface area contributed by atoms with Gasteiger partial charge in [-0.2, -0.15) is 13.2 Å². The van der Waals surface area contributed by atoms with Crippen LogP contribution >= 0.6 is 0 Å². The van der Waals surface area contributed by atoms with Crippen LogP contribution in [-0.2, 0) is 12.6 Å². The van der Waals surface area contributed by atoms with E-state index in [0.29, 0.717) is 5.69 Å². The molecule has 1 aliphatic heterocycles. The van der Waals surface area contributed by atoms with Crippen LogP contribution in [0.3, 0.4) is 0 Å². The minimum atomic E-state index is -4.49. The zero-order valence-corrected chi connectivity index (χ0v) is 11.0. The van der Waals surface area contributed by atoms with Crippen molar-refractivity contribution in [2.45, 2.75) is 12.6 Å². The number of nitrogens with zero attached hydrogens (tertiary/aromatic N) is 1. The molecule has 0 spiro atoms. The van der Waals surface area contributed by atoms with E-state index in [1.165, 1.54) is 6.07 Å². The lowest BCUT2D eigenvalue weighted by molar-refractivity contribution is -0.141. The van der Waals surface area contributed by atoms with Crippen molar-refractivity contribution in [3.63, 3.8) is 0 Å². The molecule has 3 rings (SSSR count). The Morgan fingerprint density at radius 1 is 1.19 bits per heavy atom. The molecule has 2 aromatic rings. The summed E-state index contributed by atoms with van der Waals surface area (Å²) in [7, 11) is 0. The molecule has 4 nitrogen and oxygen atoms in total. The Bertz CT molecular complexity index is 682. The van der Waals surface area contributed by atoms with Gasteiger partial charge in [0, 0.05) is 17.9 Å². The molecule has 2 heterocycles. The Hall–Kier alpha value is -2.44. The number of hydrogen-bond donors (Lipinski definition) is 3. The number of pyridine rings is 1. The highest BCUT2D eigenvalue weighted by molar-refractivity contribution is 5.71. The van der Waals surface area contributed by atoms with Crippen molar-refractivity contribution in [3.05, 3.63) is 41.6 Å². The van der Waals surface area contributed by atoms with Crippen LogP contribution in [0.2, 0.25) is 0 Å². The van der Waals surface area contributed by atoms with Crippen LogP contribution in [0.5, 0.6) is 0 Å². The molecule has 1 aromatic heterocycles. The van der Waals surface area contributed by atoms with E-state index in [1.54, 1.807) is 6.07 Å². The van der Waals surface area contributed by atoms with Gasteiger partial charge in [-0.3, -0.25) is 0 Å². The summed E-state index contributed by atoms with van der Waals surface area (Å²) < 4.78 is 38.0. The van der Waals surface area contributed by atoms with E-state index in [4.69, 9.17) is 5.73 Å². The maximum atomic E-state index is 12.7. The van der Waals surface area contributed by atoms with Crippen molar-refractivity contribution in [1.29, 1.82) is 0 Å². The second-order valence-corrected chi connectivity index (χ2v) is 4.81. The van der Waals surface area contributed by atoms with Gasteiger partial charge in [-0.1, -0.05) is 0 Å². The van der Waals surface area contributed by atoms with Crippen LogP contribution in [0.25, 0.3) is 0 Å². The number of nitrogen functional groups attached to an aromatic ring is 1. The van der Waals surface area contributed by atoms with Crippen LogP contribution in [0.15, 0.2) is 30.3 Å². The number of hydrogen-bond acceptors (Lipinski definition) is 4. The fourth-order valence-corrected chi connectivity index (χ4v) is 2.25. The number of nitrogens with two attached hydrogens (primary N) is 1. The van der Waals surface area contributed by atoms with E-state index in [0.717, 1.165) is 30.3 Å².